The minimum absolute atomic E-state index is 0.00631. The van der Waals surface area contributed by atoms with E-state index < -0.39 is 23.9 Å². The number of aryl methyl sites for hydroxylation is 1. The number of nitrogens with one attached hydrogen (secondary N) is 1. The van der Waals surface area contributed by atoms with Gasteiger partial charge in [0.05, 0.1) is 28.5 Å². The van der Waals surface area contributed by atoms with E-state index in [-0.39, 0.29) is 34.3 Å². The van der Waals surface area contributed by atoms with Crippen LogP contribution in [0.4, 0.5) is 13.2 Å². The van der Waals surface area contributed by atoms with Crippen molar-refractivity contribution in [2.75, 3.05) is 32.8 Å². The molecule has 2 aliphatic heterocycles. The maximum Gasteiger partial charge on any atom is 0.422 e. The van der Waals surface area contributed by atoms with Gasteiger partial charge in [-0.25, -0.2) is 9.97 Å². The Labute approximate surface area is 336 Å². The third kappa shape index (κ3) is 7.21. The topological polar surface area (TPSA) is 156 Å². The molecule has 308 valence electrons. The number of rotatable bonds is 9. The summed E-state index contributed by atoms with van der Waals surface area (Å²) in [5, 5.41) is 8.51. The highest BCUT2D eigenvalue weighted by Gasteiger charge is 2.58. The molecular formula is C44H53F3N8O3. The lowest BCUT2D eigenvalue weighted by molar-refractivity contribution is -0.153. The van der Waals surface area contributed by atoms with Crippen LogP contribution in [0.1, 0.15) is 99.7 Å². The number of ether oxygens (including phenoxy) is 1. The third-order valence-electron chi connectivity index (χ3n) is 13.7. The molecule has 2 saturated heterocycles. The lowest BCUT2D eigenvalue weighted by Gasteiger charge is -2.57. The minimum Gasteiger partial charge on any atom is -0.481 e. The largest absolute Gasteiger partial charge is 0.481 e. The summed E-state index contributed by atoms with van der Waals surface area (Å²) in [5.74, 6) is 0.441. The summed E-state index contributed by atoms with van der Waals surface area (Å²) >= 11 is 0. The van der Waals surface area contributed by atoms with E-state index in [0.29, 0.717) is 65.3 Å². The zero-order valence-electron chi connectivity index (χ0n) is 33.4. The van der Waals surface area contributed by atoms with Crippen molar-refractivity contribution in [1.82, 2.24) is 30.0 Å². The van der Waals surface area contributed by atoms with Crippen LogP contribution in [0.5, 0.6) is 5.75 Å². The first-order valence-corrected chi connectivity index (χ1v) is 20.4. The molecule has 4 aromatic rings. The highest BCUT2D eigenvalue weighted by atomic mass is 19.4. The number of ketones is 1. The molecule has 1 spiro atoms. The Hall–Kier alpha value is -4.66. The zero-order valence-corrected chi connectivity index (χ0v) is 33.4. The molecule has 58 heavy (non-hydrogen) atoms. The van der Waals surface area contributed by atoms with Crippen LogP contribution in [-0.4, -0.2) is 92.2 Å². The van der Waals surface area contributed by atoms with Crippen molar-refractivity contribution >= 4 is 39.6 Å². The van der Waals surface area contributed by atoms with Crippen LogP contribution in [0.2, 0.25) is 0 Å². The lowest BCUT2D eigenvalue weighted by Crippen LogP contribution is -2.64. The van der Waals surface area contributed by atoms with Gasteiger partial charge in [0.2, 0.25) is 5.91 Å². The summed E-state index contributed by atoms with van der Waals surface area (Å²) in [5.41, 5.74) is 16.1. The number of hydrogen-bond acceptors (Lipinski definition) is 9. The van der Waals surface area contributed by atoms with Crippen molar-refractivity contribution in [2.24, 2.45) is 16.9 Å². The van der Waals surface area contributed by atoms with Gasteiger partial charge in [0.25, 0.3) is 0 Å². The quantitative estimate of drug-likeness (QED) is 0.149. The number of alkyl halides is 3. The Bertz CT molecular complexity index is 2270. The van der Waals surface area contributed by atoms with Crippen molar-refractivity contribution in [1.29, 1.82) is 0 Å². The lowest BCUT2D eigenvalue weighted by atomic mass is 9.49. The van der Waals surface area contributed by atoms with Gasteiger partial charge in [0, 0.05) is 48.3 Å². The Balaban J connectivity index is 1.23. The molecule has 0 radical (unpaired) electrons. The van der Waals surface area contributed by atoms with Gasteiger partial charge in [0.15, 0.2) is 18.1 Å². The molecule has 2 aromatic heterocycles. The predicted molar refractivity (Wildman–Crippen MR) is 218 cm³/mol. The van der Waals surface area contributed by atoms with Gasteiger partial charge in [0.1, 0.15) is 11.3 Å². The standard InChI is InChI=1S/C44H53F3N8O3/c1-5-28-21-31-37(38(58-25-44(45,46)47)36(28)35-26(3)7-8-33-32(35)22-50-53-33)51-40(29-9-17-55(18-10-29)30-11-19-54(20-12-30)27(4)56)52-39(31)42(48)15-13-41(14-16-42)23-43(49,24-41)34(57)6-2/h5-8,21-22,29-30H,1-2,9-20,23-25,48-49H2,3-4H3,(H,50,53). The van der Waals surface area contributed by atoms with Gasteiger partial charge in [-0.3, -0.25) is 14.7 Å². The second kappa shape index (κ2) is 14.9. The molecule has 11 nitrogen and oxygen atoms in total. The van der Waals surface area contributed by atoms with E-state index in [9.17, 15) is 22.8 Å². The second-order valence-electron chi connectivity index (χ2n) is 17.5. The Morgan fingerprint density at radius 2 is 1.67 bits per heavy atom. The maximum atomic E-state index is 14.2. The number of aromatic nitrogens is 4. The van der Waals surface area contributed by atoms with Gasteiger partial charge in [-0.05, 0) is 125 Å². The molecule has 14 heteroatoms. The molecule has 2 aliphatic carbocycles. The summed E-state index contributed by atoms with van der Waals surface area (Å²) < 4.78 is 48.4. The van der Waals surface area contributed by atoms with E-state index in [2.05, 4.69) is 28.3 Å². The van der Waals surface area contributed by atoms with Crippen molar-refractivity contribution in [2.45, 2.75) is 107 Å². The van der Waals surface area contributed by atoms with Crippen molar-refractivity contribution in [3.63, 3.8) is 0 Å². The third-order valence-corrected chi connectivity index (χ3v) is 13.7. The van der Waals surface area contributed by atoms with Crippen LogP contribution in [0.15, 0.2) is 43.6 Å². The molecular weight excluding hydrogens is 746 g/mol. The van der Waals surface area contributed by atoms with Crippen LogP contribution in [-0.2, 0) is 15.1 Å². The first kappa shape index (κ1) is 40.1. The molecule has 0 unspecified atom stereocenters. The zero-order chi connectivity index (χ0) is 41.2. The van der Waals surface area contributed by atoms with Gasteiger partial charge in [-0.2, -0.15) is 18.3 Å². The molecule has 4 heterocycles. The molecule has 5 N–H and O–H groups in total. The SMILES string of the molecule is C=CC(=O)C1(N)CC2(CCC(N)(c3nc(C4CCN(C5CCN(C(C)=O)CC5)CC4)nc4c(OCC(F)(F)F)c(-c5c(C)ccc6[nH]ncc56)c(C=C)cc34)CC2)C1. The summed E-state index contributed by atoms with van der Waals surface area (Å²) in [6, 6.07) is 6.08. The summed E-state index contributed by atoms with van der Waals surface area (Å²) in [7, 11) is 0. The fraction of sp³-hybridized carbons (Fsp3) is 0.523. The number of hydrogen-bond donors (Lipinski definition) is 3. The maximum absolute atomic E-state index is 14.2. The van der Waals surface area contributed by atoms with Gasteiger partial charge in [-0.1, -0.05) is 25.3 Å². The molecule has 0 atom stereocenters. The number of amides is 1. The molecule has 4 aliphatic rings. The first-order chi connectivity index (χ1) is 27.6. The number of benzene rings is 2. The van der Waals surface area contributed by atoms with Crippen molar-refractivity contribution in [3.05, 3.63) is 66.3 Å². The van der Waals surface area contributed by atoms with Crippen molar-refractivity contribution < 1.29 is 27.5 Å². The van der Waals surface area contributed by atoms with E-state index >= 15 is 0 Å². The van der Waals surface area contributed by atoms with Crippen LogP contribution >= 0.6 is 0 Å². The van der Waals surface area contributed by atoms with E-state index in [1.165, 1.54) is 6.08 Å². The number of likely N-dealkylation sites (tertiary alicyclic amines) is 2. The van der Waals surface area contributed by atoms with Gasteiger partial charge < -0.3 is 26.0 Å². The second-order valence-corrected chi connectivity index (χ2v) is 17.5. The fourth-order valence-corrected chi connectivity index (χ4v) is 10.6. The number of piperidine rings is 2. The average molecular weight is 799 g/mol. The summed E-state index contributed by atoms with van der Waals surface area (Å²) in [6.07, 6.45) is 6.99. The van der Waals surface area contributed by atoms with E-state index in [4.69, 9.17) is 26.2 Å². The number of nitrogens with zero attached hydrogens (tertiary/aromatic N) is 5. The van der Waals surface area contributed by atoms with Gasteiger partial charge in [-0.15, -0.1) is 0 Å². The van der Waals surface area contributed by atoms with Crippen LogP contribution in [0.3, 0.4) is 0 Å². The number of H-pyrrole nitrogens is 1. The molecule has 4 fully saturated rings. The monoisotopic (exact) mass is 798 g/mol. The van der Waals surface area contributed by atoms with E-state index in [1.807, 2.05) is 30.0 Å². The highest BCUT2D eigenvalue weighted by molar-refractivity contribution is 6.05. The summed E-state index contributed by atoms with van der Waals surface area (Å²) in [4.78, 5) is 39.4. The van der Waals surface area contributed by atoms with Crippen LogP contribution < -0.4 is 16.2 Å². The Morgan fingerprint density at radius 3 is 2.29 bits per heavy atom. The molecule has 2 aromatic carbocycles. The number of halogens is 3. The van der Waals surface area contributed by atoms with E-state index in [1.54, 1.807) is 19.2 Å². The van der Waals surface area contributed by atoms with Crippen LogP contribution in [0.25, 0.3) is 39.0 Å². The number of carbonyl (C=O) groups is 2. The van der Waals surface area contributed by atoms with Crippen molar-refractivity contribution in [3.8, 4) is 16.9 Å². The Morgan fingerprint density at radius 1 is 0.983 bits per heavy atom. The normalized spacial score (nSPS) is 26.2. The molecule has 0 bridgehead atoms. The smallest absolute Gasteiger partial charge is 0.422 e. The summed E-state index contributed by atoms with van der Waals surface area (Å²) in [6.45, 7) is 12.9. The molecule has 8 rings (SSSR count). The predicted octanol–water partition coefficient (Wildman–Crippen LogP) is 7.22. The van der Waals surface area contributed by atoms with Gasteiger partial charge >= 0.3 is 6.18 Å². The molecule has 1 amide bonds. The fourth-order valence-electron chi connectivity index (χ4n) is 10.6. The number of fused-ring (bicyclic) bond motifs is 2. The Kier molecular flexibility index (Phi) is 10.3. The first-order valence-electron chi connectivity index (χ1n) is 20.4. The number of carbonyl (C=O) groups excluding carboxylic acids is 2. The molecule has 2 saturated carbocycles. The highest BCUT2D eigenvalue weighted by Crippen LogP contribution is 2.59. The minimum atomic E-state index is -4.63. The average Bonchev–Trinajstić information content (AvgIpc) is 3.68. The number of nitrogens with two attached hydrogens (primary N) is 2. The van der Waals surface area contributed by atoms with E-state index in [0.717, 1.165) is 81.2 Å². The number of aromatic amines is 1. The van der Waals surface area contributed by atoms with Crippen LogP contribution in [0, 0.1) is 12.3 Å².